The van der Waals surface area contributed by atoms with E-state index in [1.165, 1.54) is 6.07 Å². The van der Waals surface area contributed by atoms with E-state index in [9.17, 15) is 4.39 Å². The van der Waals surface area contributed by atoms with Crippen LogP contribution in [0.25, 0.3) is 0 Å². The molecule has 0 saturated heterocycles. The molecule has 1 unspecified atom stereocenters. The van der Waals surface area contributed by atoms with Gasteiger partial charge >= 0.3 is 0 Å². The summed E-state index contributed by atoms with van der Waals surface area (Å²) in [5, 5.41) is 4.16. The molecule has 2 aromatic carbocycles. The van der Waals surface area contributed by atoms with E-state index in [2.05, 4.69) is 21.2 Å². The molecule has 1 N–H and O–H groups in total. The molecule has 0 aliphatic carbocycles. The number of benzene rings is 2. The molecule has 0 radical (unpaired) electrons. The van der Waals surface area contributed by atoms with Crippen LogP contribution in [0.2, 0.25) is 10.0 Å². The second kappa shape index (κ2) is 6.90. The Morgan fingerprint density at radius 3 is 2.70 bits per heavy atom. The summed E-state index contributed by atoms with van der Waals surface area (Å²) < 4.78 is 14.7. The Morgan fingerprint density at radius 1 is 1.25 bits per heavy atom. The fourth-order valence-corrected chi connectivity index (χ4v) is 2.92. The van der Waals surface area contributed by atoms with Crippen molar-refractivity contribution in [3.8, 4) is 0 Å². The number of likely N-dealkylation sites (N-methyl/N-ethyl adjacent to an activating group) is 1. The van der Waals surface area contributed by atoms with Gasteiger partial charge < -0.3 is 5.32 Å². The van der Waals surface area contributed by atoms with Gasteiger partial charge in [0.1, 0.15) is 5.82 Å². The van der Waals surface area contributed by atoms with Crippen LogP contribution in [0.3, 0.4) is 0 Å². The van der Waals surface area contributed by atoms with E-state index in [-0.39, 0.29) is 11.9 Å². The number of nitrogens with one attached hydrogen (secondary N) is 1. The number of rotatable bonds is 4. The van der Waals surface area contributed by atoms with Crippen molar-refractivity contribution in [2.45, 2.75) is 12.5 Å². The van der Waals surface area contributed by atoms with E-state index in [1.54, 1.807) is 18.2 Å². The van der Waals surface area contributed by atoms with Gasteiger partial charge in [0, 0.05) is 10.5 Å². The molecule has 0 saturated carbocycles. The molecule has 20 heavy (non-hydrogen) atoms. The average Bonchev–Trinajstić information content (AvgIpc) is 2.43. The van der Waals surface area contributed by atoms with Crippen LogP contribution in [-0.2, 0) is 6.42 Å². The van der Waals surface area contributed by atoms with E-state index in [4.69, 9.17) is 23.2 Å². The Morgan fingerprint density at radius 2 is 2.00 bits per heavy atom. The maximum Gasteiger partial charge on any atom is 0.126 e. The van der Waals surface area contributed by atoms with Gasteiger partial charge in [-0.05, 0) is 48.9 Å². The van der Waals surface area contributed by atoms with E-state index >= 15 is 0 Å². The minimum absolute atomic E-state index is 0.106. The third-order valence-corrected chi connectivity index (χ3v) is 4.46. The molecule has 106 valence electrons. The van der Waals surface area contributed by atoms with Crippen molar-refractivity contribution in [2.75, 3.05) is 7.05 Å². The highest BCUT2D eigenvalue weighted by molar-refractivity contribution is 9.10. The van der Waals surface area contributed by atoms with Crippen molar-refractivity contribution >= 4 is 39.1 Å². The molecule has 2 aromatic rings. The molecule has 0 amide bonds. The van der Waals surface area contributed by atoms with Gasteiger partial charge in [-0.25, -0.2) is 4.39 Å². The SMILES string of the molecule is CNC(Cc1cc(Br)ccc1F)c1cccc(Cl)c1Cl. The average molecular weight is 377 g/mol. The Labute approximate surface area is 136 Å². The van der Waals surface area contributed by atoms with Gasteiger partial charge in [0.05, 0.1) is 10.0 Å². The summed E-state index contributed by atoms with van der Waals surface area (Å²) in [6, 6.07) is 10.3. The molecule has 0 aliphatic heterocycles. The monoisotopic (exact) mass is 375 g/mol. The highest BCUT2D eigenvalue weighted by Gasteiger charge is 2.17. The van der Waals surface area contributed by atoms with Gasteiger partial charge in [0.15, 0.2) is 0 Å². The molecule has 1 atom stereocenters. The minimum Gasteiger partial charge on any atom is -0.313 e. The van der Waals surface area contributed by atoms with Crippen molar-refractivity contribution in [3.05, 3.63) is 67.9 Å². The standard InChI is InChI=1S/C15H13BrCl2FN/c1-20-14(11-3-2-4-12(17)15(11)18)8-9-7-10(16)5-6-13(9)19/h2-7,14,20H,8H2,1H3. The molecule has 1 nitrogen and oxygen atoms in total. The van der Waals surface area contributed by atoms with Crippen LogP contribution in [0, 0.1) is 5.82 Å². The zero-order chi connectivity index (χ0) is 14.7. The topological polar surface area (TPSA) is 12.0 Å². The molecule has 0 heterocycles. The fourth-order valence-electron chi connectivity index (χ4n) is 2.08. The van der Waals surface area contributed by atoms with Crippen molar-refractivity contribution in [2.24, 2.45) is 0 Å². The molecule has 0 fully saturated rings. The van der Waals surface area contributed by atoms with Crippen LogP contribution in [0.5, 0.6) is 0 Å². The minimum atomic E-state index is -0.230. The first-order valence-corrected chi connectivity index (χ1v) is 7.63. The van der Waals surface area contributed by atoms with Gasteiger partial charge in [0.25, 0.3) is 0 Å². The van der Waals surface area contributed by atoms with Crippen LogP contribution < -0.4 is 5.32 Å². The molecule has 2 rings (SSSR count). The predicted molar refractivity (Wildman–Crippen MR) is 86.1 cm³/mol. The van der Waals surface area contributed by atoms with Crippen molar-refractivity contribution in [1.29, 1.82) is 0 Å². The van der Waals surface area contributed by atoms with Crippen LogP contribution in [0.15, 0.2) is 40.9 Å². The summed E-state index contributed by atoms with van der Waals surface area (Å²) >= 11 is 15.6. The molecule has 0 bridgehead atoms. The molecule has 5 heteroatoms. The Kier molecular flexibility index (Phi) is 5.44. The van der Waals surface area contributed by atoms with Crippen molar-refractivity contribution in [3.63, 3.8) is 0 Å². The molecule has 0 aliphatic rings. The number of halogens is 4. The third-order valence-electron chi connectivity index (χ3n) is 3.14. The summed E-state index contributed by atoms with van der Waals surface area (Å²) in [6.45, 7) is 0. The Balaban J connectivity index is 2.34. The van der Waals surface area contributed by atoms with Crippen LogP contribution in [-0.4, -0.2) is 7.05 Å². The van der Waals surface area contributed by atoms with E-state index in [1.807, 2.05) is 19.2 Å². The first-order valence-electron chi connectivity index (χ1n) is 6.08. The fraction of sp³-hybridized carbons (Fsp3) is 0.200. The highest BCUT2D eigenvalue weighted by atomic mass is 79.9. The first-order chi connectivity index (χ1) is 9.52. The highest BCUT2D eigenvalue weighted by Crippen LogP contribution is 2.32. The summed E-state index contributed by atoms with van der Waals surface area (Å²) in [5.41, 5.74) is 1.48. The van der Waals surface area contributed by atoms with Gasteiger partial charge in [-0.2, -0.15) is 0 Å². The largest absolute Gasteiger partial charge is 0.313 e. The molecular formula is C15H13BrCl2FN. The Bertz CT molecular complexity index is 619. The van der Waals surface area contributed by atoms with Gasteiger partial charge in [-0.15, -0.1) is 0 Å². The molecule has 0 spiro atoms. The van der Waals surface area contributed by atoms with Crippen molar-refractivity contribution < 1.29 is 4.39 Å². The molecular weight excluding hydrogens is 364 g/mol. The summed E-state index contributed by atoms with van der Waals surface area (Å²) in [5.74, 6) is -0.230. The second-order valence-electron chi connectivity index (χ2n) is 4.42. The van der Waals surface area contributed by atoms with Crippen LogP contribution in [0.1, 0.15) is 17.2 Å². The summed E-state index contributed by atoms with van der Waals surface area (Å²) in [4.78, 5) is 0. The van der Waals surface area contributed by atoms with Gasteiger partial charge in [-0.3, -0.25) is 0 Å². The second-order valence-corrected chi connectivity index (χ2v) is 6.13. The van der Waals surface area contributed by atoms with Gasteiger partial charge in [-0.1, -0.05) is 51.3 Å². The van der Waals surface area contributed by atoms with Crippen molar-refractivity contribution in [1.82, 2.24) is 5.32 Å². The maximum atomic E-state index is 13.9. The normalized spacial score (nSPS) is 12.4. The summed E-state index contributed by atoms with van der Waals surface area (Å²) in [7, 11) is 1.82. The lowest BCUT2D eigenvalue weighted by atomic mass is 9.98. The van der Waals surface area contributed by atoms with E-state index in [0.29, 0.717) is 22.0 Å². The predicted octanol–water partition coefficient (Wildman–Crippen LogP) is 5.40. The Hall–Kier alpha value is -0.610. The number of hydrogen-bond acceptors (Lipinski definition) is 1. The quantitative estimate of drug-likeness (QED) is 0.753. The smallest absolute Gasteiger partial charge is 0.126 e. The maximum absolute atomic E-state index is 13.9. The first kappa shape index (κ1) is 15.8. The van der Waals surface area contributed by atoms with Crippen LogP contribution in [0.4, 0.5) is 4.39 Å². The van der Waals surface area contributed by atoms with Crippen LogP contribution >= 0.6 is 39.1 Å². The lowest BCUT2D eigenvalue weighted by molar-refractivity contribution is 0.554. The lowest BCUT2D eigenvalue weighted by Gasteiger charge is -2.19. The summed E-state index contributed by atoms with van der Waals surface area (Å²) in [6.07, 6.45) is 0.488. The zero-order valence-electron chi connectivity index (χ0n) is 10.8. The van der Waals surface area contributed by atoms with E-state index in [0.717, 1.165) is 10.0 Å². The number of hydrogen-bond donors (Lipinski definition) is 1. The molecule has 0 aromatic heterocycles. The third kappa shape index (κ3) is 3.53. The van der Waals surface area contributed by atoms with E-state index < -0.39 is 0 Å². The zero-order valence-corrected chi connectivity index (χ0v) is 13.9. The van der Waals surface area contributed by atoms with Gasteiger partial charge in [0.2, 0.25) is 0 Å². The lowest BCUT2D eigenvalue weighted by Crippen LogP contribution is -2.19.